The second-order valence-electron chi connectivity index (χ2n) is 3.50. The molecule has 0 aliphatic carbocycles. The van der Waals surface area contributed by atoms with Crippen molar-refractivity contribution >= 4 is 28.9 Å². The van der Waals surface area contributed by atoms with E-state index in [1.165, 1.54) is 0 Å². The van der Waals surface area contributed by atoms with Crippen molar-refractivity contribution in [2.45, 2.75) is 6.42 Å². The molecule has 82 valence electrons. The average molecular weight is 253 g/mol. The molecule has 4 heteroatoms. The summed E-state index contributed by atoms with van der Waals surface area (Å²) < 4.78 is 0. The Bertz CT molecular complexity index is 495. The number of aromatic nitrogens is 1. The van der Waals surface area contributed by atoms with Gasteiger partial charge in [-0.15, -0.1) is 0 Å². The predicted molar refractivity (Wildman–Crippen MR) is 67.9 cm³/mol. The number of halogens is 2. The van der Waals surface area contributed by atoms with Crippen LogP contribution in [-0.2, 0) is 6.42 Å². The van der Waals surface area contributed by atoms with Crippen molar-refractivity contribution in [1.29, 1.82) is 0 Å². The van der Waals surface area contributed by atoms with E-state index in [-0.39, 0.29) is 0 Å². The molecule has 2 rings (SSSR count). The summed E-state index contributed by atoms with van der Waals surface area (Å²) in [5.74, 6) is 0. The minimum Gasteiger partial charge on any atom is -0.399 e. The van der Waals surface area contributed by atoms with Crippen molar-refractivity contribution < 1.29 is 0 Å². The van der Waals surface area contributed by atoms with Crippen LogP contribution < -0.4 is 5.73 Å². The number of nitrogen functional groups attached to an aromatic ring is 1. The van der Waals surface area contributed by atoms with E-state index in [1.54, 1.807) is 12.3 Å². The summed E-state index contributed by atoms with van der Waals surface area (Å²) in [6.07, 6.45) is 2.27. The van der Waals surface area contributed by atoms with Crippen LogP contribution >= 0.6 is 23.2 Å². The summed E-state index contributed by atoms with van der Waals surface area (Å²) in [5, 5.41) is 1.13. The number of hydrogen-bond acceptors (Lipinski definition) is 2. The number of hydrogen-bond donors (Lipinski definition) is 1. The number of benzene rings is 1. The van der Waals surface area contributed by atoms with Crippen molar-refractivity contribution in [3.63, 3.8) is 0 Å². The molecule has 0 spiro atoms. The lowest BCUT2D eigenvalue weighted by atomic mass is 10.1. The molecule has 2 nitrogen and oxygen atoms in total. The summed E-state index contributed by atoms with van der Waals surface area (Å²) >= 11 is 11.8. The molecule has 1 aromatic heterocycles. The highest BCUT2D eigenvalue weighted by Gasteiger charge is 2.04. The molecule has 0 bridgehead atoms. The van der Waals surface area contributed by atoms with Gasteiger partial charge in [0.15, 0.2) is 0 Å². The van der Waals surface area contributed by atoms with Crippen molar-refractivity contribution in [2.75, 3.05) is 5.73 Å². The molecule has 0 amide bonds. The first kappa shape index (κ1) is 11.2. The monoisotopic (exact) mass is 252 g/mol. The molecule has 0 aliphatic heterocycles. The van der Waals surface area contributed by atoms with Crippen LogP contribution in [0.2, 0.25) is 10.0 Å². The van der Waals surface area contributed by atoms with E-state index in [9.17, 15) is 0 Å². The smallest absolute Gasteiger partial charge is 0.0639 e. The molecule has 0 unspecified atom stereocenters. The molecule has 16 heavy (non-hydrogen) atoms. The summed E-state index contributed by atoms with van der Waals surface area (Å²) in [4.78, 5) is 4.20. The van der Waals surface area contributed by atoms with Crippen LogP contribution in [0.15, 0.2) is 36.5 Å². The van der Waals surface area contributed by atoms with Crippen LogP contribution in [0.25, 0.3) is 0 Å². The Morgan fingerprint density at radius 1 is 1.12 bits per heavy atom. The quantitative estimate of drug-likeness (QED) is 0.831. The predicted octanol–water partition coefficient (Wildman–Crippen LogP) is 3.56. The van der Waals surface area contributed by atoms with Gasteiger partial charge in [0.2, 0.25) is 0 Å². The standard InChI is InChI=1S/C12H10Cl2N2/c13-9-6-11(14)12(16-7-9)5-8-1-3-10(15)4-2-8/h1-4,6-7H,5,15H2. The second kappa shape index (κ2) is 4.73. The first-order valence-electron chi connectivity index (χ1n) is 4.79. The first-order chi connectivity index (χ1) is 7.65. The van der Waals surface area contributed by atoms with Gasteiger partial charge in [-0.3, -0.25) is 4.98 Å². The average Bonchev–Trinajstić information content (AvgIpc) is 2.25. The molecule has 2 N–H and O–H groups in total. The summed E-state index contributed by atoms with van der Waals surface area (Å²) in [6, 6.07) is 9.34. The molecule has 2 aromatic rings. The highest BCUT2D eigenvalue weighted by atomic mass is 35.5. The lowest BCUT2D eigenvalue weighted by Crippen LogP contribution is -1.94. The number of nitrogens with two attached hydrogens (primary N) is 1. The fraction of sp³-hybridized carbons (Fsp3) is 0.0833. The third-order valence-corrected chi connectivity index (χ3v) is 2.77. The van der Waals surface area contributed by atoms with Crippen molar-refractivity contribution in [2.24, 2.45) is 0 Å². The van der Waals surface area contributed by atoms with E-state index in [4.69, 9.17) is 28.9 Å². The zero-order valence-electron chi connectivity index (χ0n) is 8.45. The zero-order chi connectivity index (χ0) is 11.5. The van der Waals surface area contributed by atoms with E-state index in [2.05, 4.69) is 4.98 Å². The van der Waals surface area contributed by atoms with Crippen LogP contribution in [0.4, 0.5) is 5.69 Å². The number of nitrogens with zero attached hydrogens (tertiary/aromatic N) is 1. The van der Waals surface area contributed by atoms with Crippen LogP contribution in [0.1, 0.15) is 11.3 Å². The number of anilines is 1. The summed E-state index contributed by atoms with van der Waals surface area (Å²) in [5.41, 5.74) is 8.29. The van der Waals surface area contributed by atoms with E-state index >= 15 is 0 Å². The SMILES string of the molecule is Nc1ccc(Cc2ncc(Cl)cc2Cl)cc1. The lowest BCUT2D eigenvalue weighted by Gasteiger charge is -2.04. The van der Waals surface area contributed by atoms with Gasteiger partial charge in [0, 0.05) is 18.3 Å². The summed E-state index contributed by atoms with van der Waals surface area (Å²) in [7, 11) is 0. The van der Waals surface area contributed by atoms with Crippen LogP contribution in [0.5, 0.6) is 0 Å². The molecule has 1 heterocycles. The van der Waals surface area contributed by atoms with E-state index < -0.39 is 0 Å². The fourth-order valence-electron chi connectivity index (χ4n) is 1.40. The van der Waals surface area contributed by atoms with Crippen molar-refractivity contribution in [3.8, 4) is 0 Å². The van der Waals surface area contributed by atoms with E-state index in [0.717, 1.165) is 16.9 Å². The van der Waals surface area contributed by atoms with Gasteiger partial charge in [0.05, 0.1) is 15.7 Å². The molecule has 0 saturated heterocycles. The van der Waals surface area contributed by atoms with Gasteiger partial charge in [-0.2, -0.15) is 0 Å². The van der Waals surface area contributed by atoms with Gasteiger partial charge in [0.1, 0.15) is 0 Å². The lowest BCUT2D eigenvalue weighted by molar-refractivity contribution is 1.07. The zero-order valence-corrected chi connectivity index (χ0v) is 9.96. The first-order valence-corrected chi connectivity index (χ1v) is 5.55. The normalized spacial score (nSPS) is 10.4. The Morgan fingerprint density at radius 3 is 2.44 bits per heavy atom. The van der Waals surface area contributed by atoms with Gasteiger partial charge in [-0.25, -0.2) is 0 Å². The van der Waals surface area contributed by atoms with Crippen LogP contribution in [-0.4, -0.2) is 4.98 Å². The maximum Gasteiger partial charge on any atom is 0.0639 e. The molecule has 0 fully saturated rings. The highest BCUT2D eigenvalue weighted by Crippen LogP contribution is 2.21. The van der Waals surface area contributed by atoms with Crippen LogP contribution in [0.3, 0.4) is 0 Å². The van der Waals surface area contributed by atoms with E-state index in [0.29, 0.717) is 16.5 Å². The molecule has 0 aliphatic rings. The Labute approximate surface area is 104 Å². The van der Waals surface area contributed by atoms with Gasteiger partial charge >= 0.3 is 0 Å². The van der Waals surface area contributed by atoms with Gasteiger partial charge < -0.3 is 5.73 Å². The minimum atomic E-state index is 0.547. The third kappa shape index (κ3) is 2.65. The number of pyridine rings is 1. The largest absolute Gasteiger partial charge is 0.399 e. The maximum absolute atomic E-state index is 6.04. The summed E-state index contributed by atoms with van der Waals surface area (Å²) in [6.45, 7) is 0. The minimum absolute atomic E-state index is 0.547. The van der Waals surface area contributed by atoms with Crippen molar-refractivity contribution in [1.82, 2.24) is 4.98 Å². The Kier molecular flexibility index (Phi) is 3.32. The Balaban J connectivity index is 2.23. The fourth-order valence-corrected chi connectivity index (χ4v) is 1.85. The topological polar surface area (TPSA) is 38.9 Å². The number of rotatable bonds is 2. The van der Waals surface area contributed by atoms with E-state index in [1.807, 2.05) is 24.3 Å². The van der Waals surface area contributed by atoms with Gasteiger partial charge in [-0.05, 0) is 23.8 Å². The third-order valence-electron chi connectivity index (χ3n) is 2.24. The molecular formula is C12H10Cl2N2. The Hall–Kier alpha value is -1.25. The molecule has 0 atom stereocenters. The van der Waals surface area contributed by atoms with Gasteiger partial charge in [0.25, 0.3) is 0 Å². The maximum atomic E-state index is 6.04. The molecule has 1 aromatic carbocycles. The molecule has 0 saturated carbocycles. The Morgan fingerprint density at radius 2 is 1.81 bits per heavy atom. The molecule has 0 radical (unpaired) electrons. The van der Waals surface area contributed by atoms with Crippen LogP contribution in [0, 0.1) is 0 Å². The molecular weight excluding hydrogens is 243 g/mol. The van der Waals surface area contributed by atoms with Gasteiger partial charge in [-0.1, -0.05) is 35.3 Å². The van der Waals surface area contributed by atoms with Crippen molar-refractivity contribution in [3.05, 3.63) is 57.8 Å². The second-order valence-corrected chi connectivity index (χ2v) is 4.34. The highest BCUT2D eigenvalue weighted by molar-refractivity contribution is 6.34.